The molecule has 1 amide bonds. The first kappa shape index (κ1) is 18.8. The van der Waals surface area contributed by atoms with Crippen molar-refractivity contribution in [3.63, 3.8) is 0 Å². The van der Waals surface area contributed by atoms with Gasteiger partial charge in [-0.05, 0) is 49.4 Å². The number of benzene rings is 2. The van der Waals surface area contributed by atoms with Gasteiger partial charge >= 0.3 is 0 Å². The van der Waals surface area contributed by atoms with Crippen LogP contribution in [0, 0.1) is 0 Å². The summed E-state index contributed by atoms with van der Waals surface area (Å²) in [5.41, 5.74) is -0.0165. The van der Waals surface area contributed by atoms with Gasteiger partial charge < -0.3 is 19.2 Å². The van der Waals surface area contributed by atoms with Crippen LogP contribution in [0.2, 0.25) is 5.02 Å². The normalized spacial score (nSPS) is 10.6. The van der Waals surface area contributed by atoms with E-state index in [2.05, 4.69) is 5.32 Å². The zero-order valence-corrected chi connectivity index (χ0v) is 15.4. The molecule has 6 nitrogen and oxygen atoms in total. The van der Waals surface area contributed by atoms with Crippen LogP contribution >= 0.6 is 11.6 Å². The van der Waals surface area contributed by atoms with E-state index in [1.807, 2.05) is 19.1 Å². The number of fused-ring (bicyclic) bond motifs is 1. The van der Waals surface area contributed by atoms with Crippen LogP contribution < -0.4 is 20.2 Å². The van der Waals surface area contributed by atoms with Crippen molar-refractivity contribution in [2.45, 2.75) is 6.92 Å². The zero-order valence-electron chi connectivity index (χ0n) is 14.7. The molecule has 0 unspecified atom stereocenters. The Morgan fingerprint density at radius 2 is 1.78 bits per heavy atom. The van der Waals surface area contributed by atoms with Crippen LogP contribution in [0.4, 0.5) is 0 Å². The maximum Gasteiger partial charge on any atom is 0.287 e. The monoisotopic (exact) mass is 387 g/mol. The van der Waals surface area contributed by atoms with Crippen LogP contribution in [-0.4, -0.2) is 25.7 Å². The van der Waals surface area contributed by atoms with Crippen LogP contribution in [0.5, 0.6) is 11.5 Å². The number of nitrogens with one attached hydrogen (secondary N) is 1. The van der Waals surface area contributed by atoms with Crippen molar-refractivity contribution in [1.82, 2.24) is 5.32 Å². The fourth-order valence-corrected chi connectivity index (χ4v) is 2.63. The molecule has 0 atom stereocenters. The number of halogens is 1. The molecule has 0 spiro atoms. The Kier molecular flexibility index (Phi) is 5.98. The largest absolute Gasteiger partial charge is 0.494 e. The highest BCUT2D eigenvalue weighted by Crippen LogP contribution is 2.18. The average molecular weight is 388 g/mol. The molecule has 7 heteroatoms. The second kappa shape index (κ2) is 8.60. The van der Waals surface area contributed by atoms with E-state index in [1.54, 1.807) is 24.3 Å². The molecule has 0 bridgehead atoms. The molecule has 1 aromatic heterocycles. The first-order valence-corrected chi connectivity index (χ1v) is 8.82. The number of hydrogen-bond donors (Lipinski definition) is 1. The molecular formula is C20H18ClNO5. The molecule has 2 aromatic carbocycles. The topological polar surface area (TPSA) is 77.8 Å². The molecule has 27 heavy (non-hydrogen) atoms. The summed E-state index contributed by atoms with van der Waals surface area (Å²) in [6.07, 6.45) is 0. The second-order valence-electron chi connectivity index (χ2n) is 5.62. The molecule has 0 saturated carbocycles. The highest BCUT2D eigenvalue weighted by Gasteiger charge is 2.12. The van der Waals surface area contributed by atoms with Crippen molar-refractivity contribution >= 4 is 28.5 Å². The molecule has 0 aliphatic carbocycles. The fourth-order valence-electron chi connectivity index (χ4n) is 2.46. The molecule has 0 aliphatic rings. The summed E-state index contributed by atoms with van der Waals surface area (Å²) >= 11 is 5.87. The van der Waals surface area contributed by atoms with Crippen LogP contribution in [-0.2, 0) is 0 Å². The average Bonchev–Trinajstić information content (AvgIpc) is 2.67. The highest BCUT2D eigenvalue weighted by molar-refractivity contribution is 6.31. The Balaban J connectivity index is 1.55. The summed E-state index contributed by atoms with van der Waals surface area (Å²) in [7, 11) is 0. The van der Waals surface area contributed by atoms with Crippen molar-refractivity contribution in [1.29, 1.82) is 0 Å². The number of rotatable bonds is 7. The van der Waals surface area contributed by atoms with Gasteiger partial charge in [-0.15, -0.1) is 0 Å². The minimum absolute atomic E-state index is 0.0594. The summed E-state index contributed by atoms with van der Waals surface area (Å²) in [6, 6.07) is 13.0. The van der Waals surface area contributed by atoms with Gasteiger partial charge in [-0.3, -0.25) is 9.59 Å². The Morgan fingerprint density at radius 1 is 1.07 bits per heavy atom. The standard InChI is InChI=1S/C20H18ClNO5/c1-2-25-14-4-6-15(7-5-14)26-10-9-22-20(24)19-12-17(23)16-11-13(21)3-8-18(16)27-19/h3-8,11-12H,2,9-10H2,1H3,(H,22,24). The smallest absolute Gasteiger partial charge is 0.287 e. The summed E-state index contributed by atoms with van der Waals surface area (Å²) < 4.78 is 16.4. The van der Waals surface area contributed by atoms with Gasteiger partial charge in [0.1, 0.15) is 23.7 Å². The summed E-state index contributed by atoms with van der Waals surface area (Å²) in [5.74, 6) is 0.891. The summed E-state index contributed by atoms with van der Waals surface area (Å²) in [5, 5.41) is 3.42. The van der Waals surface area contributed by atoms with Crippen molar-refractivity contribution in [3.8, 4) is 11.5 Å². The third-order valence-electron chi connectivity index (χ3n) is 3.70. The van der Waals surface area contributed by atoms with Gasteiger partial charge in [-0.25, -0.2) is 0 Å². The number of ether oxygens (including phenoxy) is 2. The maximum atomic E-state index is 12.2. The predicted octanol–water partition coefficient (Wildman–Crippen LogP) is 3.65. The van der Waals surface area contributed by atoms with Crippen molar-refractivity contribution in [3.05, 3.63) is 69.5 Å². The number of amides is 1. The van der Waals surface area contributed by atoms with E-state index in [1.165, 1.54) is 6.07 Å². The van der Waals surface area contributed by atoms with E-state index in [0.717, 1.165) is 11.8 Å². The number of carbonyl (C=O) groups excluding carboxylic acids is 1. The Hall–Kier alpha value is -2.99. The SMILES string of the molecule is CCOc1ccc(OCCNC(=O)c2cc(=O)c3cc(Cl)ccc3o2)cc1. The molecule has 1 N–H and O–H groups in total. The fraction of sp³-hybridized carbons (Fsp3) is 0.200. The molecule has 3 aromatic rings. The van der Waals surface area contributed by atoms with E-state index in [4.69, 9.17) is 25.5 Å². The summed E-state index contributed by atoms with van der Waals surface area (Å²) in [6.45, 7) is 3.05. The molecule has 3 rings (SSSR count). The lowest BCUT2D eigenvalue weighted by molar-refractivity contribution is 0.0920. The van der Waals surface area contributed by atoms with Crippen molar-refractivity contribution in [2.24, 2.45) is 0 Å². The second-order valence-corrected chi connectivity index (χ2v) is 6.06. The lowest BCUT2D eigenvalue weighted by atomic mass is 10.2. The summed E-state index contributed by atoms with van der Waals surface area (Å²) in [4.78, 5) is 24.3. The molecule has 0 radical (unpaired) electrons. The minimum atomic E-state index is -0.487. The Morgan fingerprint density at radius 3 is 2.48 bits per heavy atom. The van der Waals surface area contributed by atoms with E-state index >= 15 is 0 Å². The molecule has 140 valence electrons. The van der Waals surface area contributed by atoms with E-state index in [0.29, 0.717) is 28.3 Å². The third-order valence-corrected chi connectivity index (χ3v) is 3.94. The Bertz CT molecular complexity index is 997. The highest BCUT2D eigenvalue weighted by atomic mass is 35.5. The van der Waals surface area contributed by atoms with E-state index in [-0.39, 0.29) is 24.3 Å². The predicted molar refractivity (Wildman–Crippen MR) is 103 cm³/mol. The Labute approximate surface area is 160 Å². The molecule has 1 heterocycles. The first-order chi connectivity index (χ1) is 13.1. The van der Waals surface area contributed by atoms with Crippen molar-refractivity contribution in [2.75, 3.05) is 19.8 Å². The lowest BCUT2D eigenvalue weighted by Crippen LogP contribution is -2.28. The third kappa shape index (κ3) is 4.80. The van der Waals surface area contributed by atoms with Gasteiger partial charge in [0.2, 0.25) is 0 Å². The van der Waals surface area contributed by atoms with Crippen LogP contribution in [0.15, 0.2) is 57.7 Å². The zero-order chi connectivity index (χ0) is 19.2. The van der Waals surface area contributed by atoms with Crippen LogP contribution in [0.25, 0.3) is 11.0 Å². The van der Waals surface area contributed by atoms with Crippen LogP contribution in [0.1, 0.15) is 17.5 Å². The van der Waals surface area contributed by atoms with Gasteiger partial charge in [0, 0.05) is 11.1 Å². The lowest BCUT2D eigenvalue weighted by Gasteiger charge is -2.09. The molecule has 0 aliphatic heterocycles. The maximum absolute atomic E-state index is 12.2. The minimum Gasteiger partial charge on any atom is -0.494 e. The van der Waals surface area contributed by atoms with Crippen molar-refractivity contribution < 1.29 is 18.7 Å². The van der Waals surface area contributed by atoms with Gasteiger partial charge in [0.05, 0.1) is 18.5 Å². The van der Waals surface area contributed by atoms with Gasteiger partial charge in [0.15, 0.2) is 11.2 Å². The number of carbonyl (C=O) groups is 1. The van der Waals surface area contributed by atoms with Gasteiger partial charge in [-0.2, -0.15) is 0 Å². The first-order valence-electron chi connectivity index (χ1n) is 8.44. The van der Waals surface area contributed by atoms with E-state index in [9.17, 15) is 9.59 Å². The molecule has 0 saturated heterocycles. The quantitative estimate of drug-likeness (QED) is 0.626. The van der Waals surface area contributed by atoms with Crippen LogP contribution in [0.3, 0.4) is 0 Å². The molecule has 0 fully saturated rings. The van der Waals surface area contributed by atoms with Gasteiger partial charge in [-0.1, -0.05) is 11.6 Å². The van der Waals surface area contributed by atoms with Gasteiger partial charge in [0.25, 0.3) is 5.91 Å². The van der Waals surface area contributed by atoms with E-state index < -0.39 is 5.91 Å². The molecular weight excluding hydrogens is 370 g/mol. The number of hydrogen-bond acceptors (Lipinski definition) is 5.